The third-order valence-corrected chi connectivity index (χ3v) is 6.50. The lowest BCUT2D eigenvalue weighted by atomic mass is 9.51. The second-order valence-electron chi connectivity index (χ2n) is 7.67. The summed E-state index contributed by atoms with van der Waals surface area (Å²) in [5.74, 6) is 2.12. The van der Waals surface area contributed by atoms with Crippen molar-refractivity contribution in [2.24, 2.45) is 10.4 Å². The number of pyridine rings is 1. The first-order valence-corrected chi connectivity index (χ1v) is 10.0. The first-order chi connectivity index (χ1) is 12.8. The molecule has 3 aliphatic rings. The third-order valence-electron chi connectivity index (χ3n) is 6.50. The van der Waals surface area contributed by atoms with E-state index in [0.29, 0.717) is 17.6 Å². The highest BCUT2D eigenvalue weighted by Gasteiger charge is 2.59. The number of nitrogens with zero attached hydrogens (tertiary/aromatic N) is 4. The zero-order valence-electron chi connectivity index (χ0n) is 16.0. The van der Waals surface area contributed by atoms with E-state index in [2.05, 4.69) is 44.1 Å². The van der Waals surface area contributed by atoms with Gasteiger partial charge in [0, 0.05) is 57.5 Å². The minimum atomic E-state index is 0.363. The predicted octanol–water partition coefficient (Wildman–Crippen LogP) is 2.13. The molecule has 4 rings (SSSR count). The van der Waals surface area contributed by atoms with Crippen LogP contribution in [0.2, 0.25) is 0 Å². The summed E-state index contributed by atoms with van der Waals surface area (Å²) in [4.78, 5) is 13.8. The lowest BCUT2D eigenvalue weighted by molar-refractivity contribution is -0.168. The largest absolute Gasteiger partial charge is 0.378 e. The van der Waals surface area contributed by atoms with Crippen molar-refractivity contribution in [2.75, 3.05) is 44.7 Å². The second kappa shape index (κ2) is 7.43. The van der Waals surface area contributed by atoms with Crippen LogP contribution in [0, 0.1) is 5.41 Å². The Bertz CT molecular complexity index is 622. The molecule has 0 amide bonds. The first-order valence-electron chi connectivity index (χ1n) is 10.0. The van der Waals surface area contributed by atoms with Crippen LogP contribution in [-0.2, 0) is 4.74 Å². The van der Waals surface area contributed by atoms with Crippen LogP contribution in [0.1, 0.15) is 32.6 Å². The molecule has 0 aromatic carbocycles. The van der Waals surface area contributed by atoms with E-state index < -0.39 is 0 Å². The van der Waals surface area contributed by atoms with Crippen molar-refractivity contribution < 1.29 is 4.74 Å². The molecule has 1 aromatic heterocycles. The Morgan fingerprint density at radius 1 is 1.31 bits per heavy atom. The normalized spacial score (nSPS) is 27.8. The average molecular weight is 358 g/mol. The van der Waals surface area contributed by atoms with Gasteiger partial charge in [-0.05, 0) is 38.3 Å². The van der Waals surface area contributed by atoms with Gasteiger partial charge in [-0.1, -0.05) is 12.5 Å². The van der Waals surface area contributed by atoms with Gasteiger partial charge in [0.15, 0.2) is 5.96 Å². The van der Waals surface area contributed by atoms with Crippen LogP contribution in [0.25, 0.3) is 0 Å². The molecule has 6 heteroatoms. The van der Waals surface area contributed by atoms with Crippen molar-refractivity contribution in [1.29, 1.82) is 0 Å². The molecular formula is C20H31N5O. The number of ether oxygens (including phenoxy) is 1. The Hall–Kier alpha value is -1.82. The van der Waals surface area contributed by atoms with Crippen molar-refractivity contribution in [1.82, 2.24) is 15.2 Å². The summed E-state index contributed by atoms with van der Waals surface area (Å²) in [5.41, 5.74) is 0.363. The first kappa shape index (κ1) is 17.6. The van der Waals surface area contributed by atoms with Gasteiger partial charge in [0.1, 0.15) is 5.82 Å². The number of piperazine rings is 1. The van der Waals surface area contributed by atoms with Gasteiger partial charge in [0.2, 0.25) is 0 Å². The quantitative estimate of drug-likeness (QED) is 0.661. The number of nitrogens with one attached hydrogen (secondary N) is 1. The van der Waals surface area contributed by atoms with E-state index >= 15 is 0 Å². The Morgan fingerprint density at radius 3 is 2.69 bits per heavy atom. The third kappa shape index (κ3) is 3.04. The van der Waals surface area contributed by atoms with Gasteiger partial charge in [0.25, 0.3) is 0 Å². The van der Waals surface area contributed by atoms with Crippen LogP contribution in [0.15, 0.2) is 29.4 Å². The monoisotopic (exact) mass is 357 g/mol. The maximum Gasteiger partial charge on any atom is 0.194 e. The summed E-state index contributed by atoms with van der Waals surface area (Å²) in [6.07, 6.45) is 7.34. The molecule has 1 spiro atoms. The summed E-state index contributed by atoms with van der Waals surface area (Å²) < 4.78 is 5.98. The van der Waals surface area contributed by atoms with E-state index in [4.69, 9.17) is 4.74 Å². The predicted molar refractivity (Wildman–Crippen MR) is 105 cm³/mol. The number of guanidine groups is 1. The maximum absolute atomic E-state index is 5.98. The van der Waals surface area contributed by atoms with Crippen molar-refractivity contribution in [3.05, 3.63) is 24.4 Å². The van der Waals surface area contributed by atoms with Gasteiger partial charge in [-0.2, -0.15) is 0 Å². The highest BCUT2D eigenvalue weighted by atomic mass is 16.5. The molecule has 3 fully saturated rings. The van der Waals surface area contributed by atoms with Gasteiger partial charge < -0.3 is 19.9 Å². The molecule has 2 atom stereocenters. The highest BCUT2D eigenvalue weighted by Crippen LogP contribution is 2.57. The number of hydrogen-bond acceptors (Lipinski definition) is 4. The summed E-state index contributed by atoms with van der Waals surface area (Å²) in [7, 11) is 1.90. The molecule has 6 nitrogen and oxygen atoms in total. The Labute approximate surface area is 156 Å². The number of hydrogen-bond donors (Lipinski definition) is 1. The maximum atomic E-state index is 5.98. The fourth-order valence-corrected chi connectivity index (χ4v) is 4.78. The lowest BCUT2D eigenvalue weighted by Gasteiger charge is -2.61. The number of aliphatic imine (C=N–C) groups is 1. The van der Waals surface area contributed by atoms with Crippen LogP contribution in [0.3, 0.4) is 0 Å². The summed E-state index contributed by atoms with van der Waals surface area (Å²) >= 11 is 0. The smallest absolute Gasteiger partial charge is 0.194 e. The van der Waals surface area contributed by atoms with Crippen LogP contribution >= 0.6 is 0 Å². The number of anilines is 1. The fraction of sp³-hybridized carbons (Fsp3) is 0.700. The molecule has 0 radical (unpaired) electrons. The highest BCUT2D eigenvalue weighted by molar-refractivity contribution is 5.80. The van der Waals surface area contributed by atoms with Crippen LogP contribution in [0.5, 0.6) is 0 Å². The van der Waals surface area contributed by atoms with Gasteiger partial charge in [-0.25, -0.2) is 4.98 Å². The van der Waals surface area contributed by atoms with Gasteiger partial charge in [0.05, 0.1) is 6.10 Å². The van der Waals surface area contributed by atoms with Crippen molar-refractivity contribution >= 4 is 11.8 Å². The molecule has 2 aliphatic carbocycles. The van der Waals surface area contributed by atoms with E-state index in [1.165, 1.54) is 19.3 Å². The molecule has 142 valence electrons. The number of rotatable bonds is 4. The Kier molecular flexibility index (Phi) is 5.02. The van der Waals surface area contributed by atoms with E-state index in [0.717, 1.165) is 51.0 Å². The SMILES string of the molecule is CCOC1CC(NC(=NC)N2CCN(c3ccccn3)CC2)C12CCC2. The zero-order valence-corrected chi connectivity index (χ0v) is 16.0. The molecule has 26 heavy (non-hydrogen) atoms. The van der Waals surface area contributed by atoms with Crippen molar-refractivity contribution in [2.45, 2.75) is 44.8 Å². The van der Waals surface area contributed by atoms with E-state index in [1.807, 2.05) is 19.3 Å². The average Bonchev–Trinajstić information content (AvgIpc) is 2.64. The molecule has 1 aromatic rings. The molecular weight excluding hydrogens is 326 g/mol. The number of aromatic nitrogens is 1. The van der Waals surface area contributed by atoms with Crippen LogP contribution in [-0.4, -0.2) is 67.8 Å². The van der Waals surface area contributed by atoms with Crippen molar-refractivity contribution in [3.63, 3.8) is 0 Å². The second-order valence-corrected chi connectivity index (χ2v) is 7.67. The minimum Gasteiger partial charge on any atom is -0.378 e. The van der Waals surface area contributed by atoms with Crippen LogP contribution < -0.4 is 10.2 Å². The molecule has 2 heterocycles. The van der Waals surface area contributed by atoms with Crippen molar-refractivity contribution in [3.8, 4) is 0 Å². The molecule has 2 unspecified atom stereocenters. The van der Waals surface area contributed by atoms with Gasteiger partial charge in [-0.3, -0.25) is 4.99 Å². The topological polar surface area (TPSA) is 53.0 Å². The fourth-order valence-electron chi connectivity index (χ4n) is 4.78. The summed E-state index contributed by atoms with van der Waals surface area (Å²) in [6, 6.07) is 6.63. The Morgan fingerprint density at radius 2 is 2.12 bits per heavy atom. The standard InChI is InChI=1S/C20H31N5O/c1-3-26-17-15-16(20(17)8-6-9-20)23-19(21-2)25-13-11-24(12-14-25)18-7-4-5-10-22-18/h4-5,7,10,16-17H,3,6,8-9,11-15H2,1-2H3,(H,21,23). The molecule has 1 saturated heterocycles. The van der Waals surface area contributed by atoms with E-state index in [9.17, 15) is 0 Å². The van der Waals surface area contributed by atoms with Gasteiger partial charge >= 0.3 is 0 Å². The molecule has 0 bridgehead atoms. The zero-order chi connectivity index (χ0) is 18.0. The Balaban J connectivity index is 1.33. The lowest BCUT2D eigenvalue weighted by Crippen LogP contribution is -2.69. The molecule has 2 saturated carbocycles. The summed E-state index contributed by atoms with van der Waals surface area (Å²) in [6.45, 7) is 6.84. The molecule has 1 N–H and O–H groups in total. The van der Waals surface area contributed by atoms with Gasteiger partial charge in [-0.15, -0.1) is 0 Å². The molecule has 1 aliphatic heterocycles. The van der Waals surface area contributed by atoms with E-state index in [-0.39, 0.29) is 0 Å². The van der Waals surface area contributed by atoms with E-state index in [1.54, 1.807) is 0 Å². The minimum absolute atomic E-state index is 0.363. The van der Waals surface area contributed by atoms with Crippen LogP contribution in [0.4, 0.5) is 5.82 Å². The summed E-state index contributed by atoms with van der Waals surface area (Å²) in [5, 5.41) is 3.77.